The first-order valence-corrected chi connectivity index (χ1v) is 8.24. The number of hydrogen-bond acceptors (Lipinski definition) is 6. The first-order valence-electron chi connectivity index (χ1n) is 8.24. The number of nitrogen functional groups attached to an aromatic ring is 1. The van der Waals surface area contributed by atoms with Gasteiger partial charge in [-0.05, 0) is 25.0 Å². The molecule has 0 aromatic carbocycles. The van der Waals surface area contributed by atoms with Gasteiger partial charge in [0, 0.05) is 38.3 Å². The zero-order valence-electron chi connectivity index (χ0n) is 13.7. The molecule has 0 saturated carbocycles. The van der Waals surface area contributed by atoms with Crippen LogP contribution in [0.4, 0.5) is 17.6 Å². The van der Waals surface area contributed by atoms with E-state index in [-0.39, 0.29) is 0 Å². The van der Waals surface area contributed by atoms with E-state index >= 15 is 0 Å². The monoisotopic (exact) mass is 323 g/mol. The second-order valence-electron chi connectivity index (χ2n) is 6.12. The molecule has 1 fully saturated rings. The van der Waals surface area contributed by atoms with E-state index in [9.17, 15) is 0 Å². The molecule has 7 heteroatoms. The quantitative estimate of drug-likeness (QED) is 0.768. The van der Waals surface area contributed by atoms with E-state index in [1.807, 2.05) is 31.4 Å². The molecule has 0 spiro atoms. The standard InChI is InChI=1S/C17H21N7/c1-19-14-9-15(22-17(18)21-14)23-7-4-5-12(11-23)16-20-10-13-6-2-3-8-24(13)16/h2-3,6,8-10,12H,4-5,7,11H2,1H3,(H3,18,19,21,22). The Morgan fingerprint density at radius 3 is 3.08 bits per heavy atom. The Labute approximate surface area is 140 Å². The Balaban J connectivity index is 1.63. The van der Waals surface area contributed by atoms with E-state index in [4.69, 9.17) is 5.73 Å². The van der Waals surface area contributed by atoms with Crippen molar-refractivity contribution in [2.75, 3.05) is 36.1 Å². The van der Waals surface area contributed by atoms with Gasteiger partial charge in [0.2, 0.25) is 5.95 Å². The molecule has 1 aliphatic rings. The summed E-state index contributed by atoms with van der Waals surface area (Å²) >= 11 is 0. The Kier molecular flexibility index (Phi) is 3.68. The minimum Gasteiger partial charge on any atom is -0.373 e. The summed E-state index contributed by atoms with van der Waals surface area (Å²) in [6.07, 6.45) is 6.25. The van der Waals surface area contributed by atoms with Crippen LogP contribution in [0.1, 0.15) is 24.6 Å². The van der Waals surface area contributed by atoms with Crippen LogP contribution in [0.5, 0.6) is 0 Å². The van der Waals surface area contributed by atoms with Gasteiger partial charge in [0.05, 0.1) is 11.7 Å². The molecule has 7 nitrogen and oxygen atoms in total. The topological polar surface area (TPSA) is 84.4 Å². The van der Waals surface area contributed by atoms with Crippen LogP contribution in [0.15, 0.2) is 36.7 Å². The van der Waals surface area contributed by atoms with Crippen molar-refractivity contribution in [2.24, 2.45) is 0 Å². The predicted molar refractivity (Wildman–Crippen MR) is 95.4 cm³/mol. The zero-order chi connectivity index (χ0) is 16.5. The molecular weight excluding hydrogens is 302 g/mol. The van der Waals surface area contributed by atoms with Crippen molar-refractivity contribution in [3.05, 3.63) is 42.5 Å². The number of nitrogens with zero attached hydrogens (tertiary/aromatic N) is 5. The summed E-state index contributed by atoms with van der Waals surface area (Å²) in [5, 5.41) is 3.04. The number of aromatic nitrogens is 4. The number of rotatable bonds is 3. The van der Waals surface area contributed by atoms with Crippen LogP contribution in [0.25, 0.3) is 5.52 Å². The summed E-state index contributed by atoms with van der Waals surface area (Å²) in [6.45, 7) is 1.85. The van der Waals surface area contributed by atoms with E-state index in [0.29, 0.717) is 11.9 Å². The third-order valence-electron chi connectivity index (χ3n) is 4.56. The minimum atomic E-state index is 0.297. The van der Waals surface area contributed by atoms with Gasteiger partial charge in [0.15, 0.2) is 0 Å². The number of imidazole rings is 1. The normalized spacial score (nSPS) is 18.0. The Hall–Kier alpha value is -2.83. The predicted octanol–water partition coefficient (Wildman–Crippen LogP) is 2.13. The number of pyridine rings is 1. The SMILES string of the molecule is CNc1cc(N2CCCC(c3ncc4ccccn34)C2)nc(N)n1. The number of piperidine rings is 1. The molecule has 24 heavy (non-hydrogen) atoms. The molecule has 0 aliphatic carbocycles. The highest BCUT2D eigenvalue weighted by Gasteiger charge is 2.25. The van der Waals surface area contributed by atoms with Crippen LogP contribution in [0.3, 0.4) is 0 Å². The molecule has 1 saturated heterocycles. The van der Waals surface area contributed by atoms with Gasteiger partial charge in [0.25, 0.3) is 0 Å². The molecule has 4 heterocycles. The van der Waals surface area contributed by atoms with Crippen LogP contribution >= 0.6 is 0 Å². The molecule has 1 unspecified atom stereocenters. The second-order valence-corrected chi connectivity index (χ2v) is 6.12. The fourth-order valence-corrected chi connectivity index (χ4v) is 3.41. The molecule has 3 aromatic rings. The average molecular weight is 323 g/mol. The smallest absolute Gasteiger partial charge is 0.223 e. The summed E-state index contributed by atoms with van der Waals surface area (Å²) in [6, 6.07) is 8.11. The number of nitrogens with two attached hydrogens (primary N) is 1. The molecule has 4 rings (SSSR count). The van der Waals surface area contributed by atoms with E-state index < -0.39 is 0 Å². The molecule has 124 valence electrons. The maximum absolute atomic E-state index is 5.84. The van der Waals surface area contributed by atoms with E-state index in [0.717, 1.165) is 48.9 Å². The highest BCUT2D eigenvalue weighted by Crippen LogP contribution is 2.29. The third kappa shape index (κ3) is 2.62. The van der Waals surface area contributed by atoms with Crippen molar-refractivity contribution >= 4 is 23.1 Å². The second kappa shape index (κ2) is 5.99. The fourth-order valence-electron chi connectivity index (χ4n) is 3.41. The lowest BCUT2D eigenvalue weighted by Gasteiger charge is -2.33. The maximum Gasteiger partial charge on any atom is 0.223 e. The lowest BCUT2D eigenvalue weighted by Crippen LogP contribution is -2.35. The van der Waals surface area contributed by atoms with Crippen LogP contribution in [0.2, 0.25) is 0 Å². The number of fused-ring (bicyclic) bond motifs is 1. The molecule has 0 amide bonds. The van der Waals surface area contributed by atoms with Crippen molar-refractivity contribution in [2.45, 2.75) is 18.8 Å². The van der Waals surface area contributed by atoms with Gasteiger partial charge >= 0.3 is 0 Å². The summed E-state index contributed by atoms with van der Waals surface area (Å²) in [5.41, 5.74) is 6.97. The molecule has 0 radical (unpaired) electrons. The van der Waals surface area contributed by atoms with Crippen molar-refractivity contribution in [3.63, 3.8) is 0 Å². The molecule has 1 aliphatic heterocycles. The Morgan fingerprint density at radius 1 is 1.29 bits per heavy atom. The summed E-state index contributed by atoms with van der Waals surface area (Å²) < 4.78 is 2.18. The first kappa shape index (κ1) is 14.7. The summed E-state index contributed by atoms with van der Waals surface area (Å²) in [4.78, 5) is 15.5. The zero-order valence-corrected chi connectivity index (χ0v) is 13.7. The third-order valence-corrected chi connectivity index (χ3v) is 4.56. The highest BCUT2D eigenvalue weighted by atomic mass is 15.2. The van der Waals surface area contributed by atoms with Crippen LogP contribution in [-0.2, 0) is 0 Å². The lowest BCUT2D eigenvalue weighted by atomic mass is 9.97. The van der Waals surface area contributed by atoms with Gasteiger partial charge in [-0.25, -0.2) is 4.98 Å². The number of anilines is 3. The minimum absolute atomic E-state index is 0.297. The van der Waals surface area contributed by atoms with Gasteiger partial charge in [0.1, 0.15) is 17.5 Å². The van der Waals surface area contributed by atoms with Gasteiger partial charge in [-0.2, -0.15) is 9.97 Å². The van der Waals surface area contributed by atoms with E-state index in [1.54, 1.807) is 0 Å². The van der Waals surface area contributed by atoms with Crippen molar-refractivity contribution in [1.29, 1.82) is 0 Å². The lowest BCUT2D eigenvalue weighted by molar-refractivity contribution is 0.487. The maximum atomic E-state index is 5.84. The van der Waals surface area contributed by atoms with Gasteiger partial charge in [-0.15, -0.1) is 0 Å². The number of nitrogens with one attached hydrogen (secondary N) is 1. The van der Waals surface area contributed by atoms with Crippen molar-refractivity contribution < 1.29 is 0 Å². The van der Waals surface area contributed by atoms with Crippen LogP contribution in [0, 0.1) is 0 Å². The van der Waals surface area contributed by atoms with Crippen molar-refractivity contribution in [1.82, 2.24) is 19.4 Å². The molecular formula is C17H21N7. The first-order chi connectivity index (χ1) is 11.7. The van der Waals surface area contributed by atoms with Crippen LogP contribution in [-0.4, -0.2) is 39.5 Å². The average Bonchev–Trinajstić information content (AvgIpc) is 3.05. The van der Waals surface area contributed by atoms with Gasteiger partial charge in [-0.3, -0.25) is 0 Å². The summed E-state index contributed by atoms with van der Waals surface area (Å²) in [7, 11) is 1.83. The van der Waals surface area contributed by atoms with Gasteiger partial charge < -0.3 is 20.4 Å². The van der Waals surface area contributed by atoms with Crippen LogP contribution < -0.4 is 16.0 Å². The molecule has 3 aromatic heterocycles. The number of hydrogen-bond donors (Lipinski definition) is 2. The van der Waals surface area contributed by atoms with Gasteiger partial charge in [-0.1, -0.05) is 6.07 Å². The van der Waals surface area contributed by atoms with Crippen molar-refractivity contribution in [3.8, 4) is 0 Å². The molecule has 0 bridgehead atoms. The largest absolute Gasteiger partial charge is 0.373 e. The summed E-state index contributed by atoms with van der Waals surface area (Å²) in [5.74, 6) is 3.40. The Morgan fingerprint density at radius 2 is 2.21 bits per heavy atom. The molecule has 3 N–H and O–H groups in total. The Bertz CT molecular complexity index is 857. The fraction of sp³-hybridized carbons (Fsp3) is 0.353. The highest BCUT2D eigenvalue weighted by molar-refractivity contribution is 5.53. The molecule has 1 atom stereocenters. The van der Waals surface area contributed by atoms with E-state index in [1.165, 1.54) is 0 Å². The van der Waals surface area contributed by atoms with E-state index in [2.05, 4.69) is 41.8 Å².